The van der Waals surface area contributed by atoms with Crippen molar-refractivity contribution in [3.05, 3.63) is 47.5 Å². The number of nitrogens with one attached hydrogen (secondary N) is 3. The monoisotopic (exact) mass is 537 g/mol. The smallest absolute Gasteiger partial charge is 0.416 e. The number of ether oxygens (including phenoxy) is 1. The van der Waals surface area contributed by atoms with Gasteiger partial charge in [-0.15, -0.1) is 0 Å². The Kier molecular flexibility index (Phi) is 9.17. The van der Waals surface area contributed by atoms with E-state index in [4.69, 9.17) is 4.74 Å². The average molecular weight is 537 g/mol. The fourth-order valence-corrected chi connectivity index (χ4v) is 3.26. The van der Waals surface area contributed by atoms with Crippen LogP contribution in [0.15, 0.2) is 30.7 Å². The molecule has 1 aromatic carbocycles. The Morgan fingerprint density at radius 1 is 1.00 bits per heavy atom. The summed E-state index contributed by atoms with van der Waals surface area (Å²) >= 11 is 0. The number of aromatic nitrogens is 2. The van der Waals surface area contributed by atoms with Gasteiger partial charge in [0.15, 0.2) is 0 Å². The van der Waals surface area contributed by atoms with E-state index in [0.717, 1.165) is 7.11 Å². The number of urea groups is 1. The molecule has 2 aromatic rings. The molecule has 2 atom stereocenters. The molecule has 9 nitrogen and oxygen atoms in total. The van der Waals surface area contributed by atoms with E-state index in [-0.39, 0.29) is 12.5 Å². The summed E-state index contributed by atoms with van der Waals surface area (Å²) < 4.78 is 84.8. The van der Waals surface area contributed by atoms with Gasteiger partial charge >= 0.3 is 24.4 Å². The molecule has 1 aromatic heterocycles. The van der Waals surface area contributed by atoms with E-state index in [2.05, 4.69) is 15.6 Å². The number of nitrogens with zero attached hydrogens (tertiary/aromatic N) is 2. The number of carbonyl (C=O) groups is 3. The third kappa shape index (κ3) is 8.11. The van der Waals surface area contributed by atoms with Gasteiger partial charge in [0.05, 0.1) is 24.6 Å². The van der Waals surface area contributed by atoms with Gasteiger partial charge in [-0.1, -0.05) is 13.8 Å². The molecule has 1 heterocycles. The molecular formula is C22H25F6N5O4. The predicted octanol–water partition coefficient (Wildman–Crippen LogP) is 3.50. The van der Waals surface area contributed by atoms with Crippen molar-refractivity contribution in [3.8, 4) is 0 Å². The first-order valence-corrected chi connectivity index (χ1v) is 10.7. The summed E-state index contributed by atoms with van der Waals surface area (Å²) in [7, 11) is 2.78. The van der Waals surface area contributed by atoms with Crippen molar-refractivity contribution in [1.82, 2.24) is 20.2 Å². The van der Waals surface area contributed by atoms with Crippen molar-refractivity contribution in [3.63, 3.8) is 0 Å². The number of alkyl halides is 6. The first-order valence-electron chi connectivity index (χ1n) is 10.7. The van der Waals surface area contributed by atoms with Crippen molar-refractivity contribution in [2.45, 2.75) is 44.7 Å². The summed E-state index contributed by atoms with van der Waals surface area (Å²) in [5, 5.41) is 6.57. The summed E-state index contributed by atoms with van der Waals surface area (Å²) in [5.41, 5.74) is -3.45. The molecule has 0 radical (unpaired) electrons. The first kappa shape index (κ1) is 29.5. The zero-order valence-electron chi connectivity index (χ0n) is 20.1. The summed E-state index contributed by atoms with van der Waals surface area (Å²) in [6.07, 6.45) is -7.27. The SMILES string of the molecule is COC(=O)[C@H](Cc1cncn1C)NC(=O)[C@@H](NC(=O)Nc1cc(C(F)(F)F)cc(C(F)(F)F)c1)C(C)C. The van der Waals surface area contributed by atoms with E-state index >= 15 is 0 Å². The minimum Gasteiger partial charge on any atom is -0.467 e. The van der Waals surface area contributed by atoms with E-state index in [1.807, 2.05) is 5.32 Å². The van der Waals surface area contributed by atoms with Crippen molar-refractivity contribution in [1.29, 1.82) is 0 Å². The van der Waals surface area contributed by atoms with Crippen molar-refractivity contribution in [2.75, 3.05) is 12.4 Å². The zero-order valence-corrected chi connectivity index (χ0v) is 20.1. The van der Waals surface area contributed by atoms with Crippen LogP contribution in [0.2, 0.25) is 0 Å². The Balaban J connectivity index is 2.21. The fourth-order valence-electron chi connectivity index (χ4n) is 3.26. The van der Waals surface area contributed by atoms with Crippen LogP contribution in [0.25, 0.3) is 0 Å². The highest BCUT2D eigenvalue weighted by molar-refractivity contribution is 5.95. The lowest BCUT2D eigenvalue weighted by Gasteiger charge is -2.25. The summed E-state index contributed by atoms with van der Waals surface area (Å²) in [5.74, 6) is -2.21. The number of aryl methyl sites for hydroxylation is 1. The van der Waals surface area contributed by atoms with Crippen molar-refractivity contribution >= 4 is 23.6 Å². The second-order valence-electron chi connectivity index (χ2n) is 8.40. The second-order valence-corrected chi connectivity index (χ2v) is 8.40. The van der Waals surface area contributed by atoms with Crippen LogP contribution in [0.4, 0.5) is 36.8 Å². The van der Waals surface area contributed by atoms with Crippen LogP contribution >= 0.6 is 0 Å². The number of carbonyl (C=O) groups excluding carboxylic acids is 3. The number of halogens is 6. The molecule has 3 amide bonds. The highest BCUT2D eigenvalue weighted by Crippen LogP contribution is 2.37. The van der Waals surface area contributed by atoms with Crippen LogP contribution in [0.1, 0.15) is 30.7 Å². The summed E-state index contributed by atoms with van der Waals surface area (Å²) in [6.45, 7) is 3.07. The molecule has 37 heavy (non-hydrogen) atoms. The molecule has 204 valence electrons. The average Bonchev–Trinajstić information content (AvgIpc) is 3.19. The summed E-state index contributed by atoms with van der Waals surface area (Å²) in [6, 6.07) is -3.13. The number of esters is 1. The molecule has 0 unspecified atom stereocenters. The molecule has 0 spiro atoms. The zero-order chi connectivity index (χ0) is 28.1. The standard InChI is InChI=1S/C22H25F6N5O4/c1-11(2)17(18(34)31-16(19(35)37-4)8-15-9-29-10-33(15)3)32-20(36)30-14-6-12(21(23,24)25)5-13(7-14)22(26,27)28/h5-7,9-11,16-17H,8H2,1-4H3,(H,31,34)(H2,30,32,36)/t16-,17-/m0/s1. The van der Waals surface area contributed by atoms with E-state index in [1.54, 1.807) is 11.6 Å². The number of hydrogen-bond donors (Lipinski definition) is 3. The van der Waals surface area contributed by atoms with Crippen LogP contribution in [-0.2, 0) is 40.1 Å². The van der Waals surface area contributed by atoms with E-state index in [0.29, 0.717) is 17.8 Å². The van der Waals surface area contributed by atoms with Crippen LogP contribution in [0, 0.1) is 5.92 Å². The maximum absolute atomic E-state index is 13.1. The molecular weight excluding hydrogens is 512 g/mol. The van der Waals surface area contributed by atoms with E-state index in [1.165, 1.54) is 26.4 Å². The lowest BCUT2D eigenvalue weighted by atomic mass is 10.0. The summed E-state index contributed by atoms with van der Waals surface area (Å²) in [4.78, 5) is 41.5. The number of imidazole rings is 1. The second kappa shape index (κ2) is 11.5. The Bertz CT molecular complexity index is 1100. The first-order chi connectivity index (χ1) is 17.0. The lowest BCUT2D eigenvalue weighted by molar-refractivity contribution is -0.145. The van der Waals surface area contributed by atoms with Gasteiger partial charge in [0.25, 0.3) is 0 Å². The van der Waals surface area contributed by atoms with E-state index in [9.17, 15) is 40.7 Å². The third-order valence-corrected chi connectivity index (χ3v) is 5.21. The van der Waals surface area contributed by atoms with Crippen LogP contribution < -0.4 is 16.0 Å². The molecule has 0 aliphatic carbocycles. The Labute approximate surface area is 207 Å². The Morgan fingerprint density at radius 2 is 1.57 bits per heavy atom. The molecule has 3 N–H and O–H groups in total. The maximum Gasteiger partial charge on any atom is 0.416 e. The van der Waals surface area contributed by atoms with Gasteiger partial charge in [-0.2, -0.15) is 26.3 Å². The molecule has 15 heteroatoms. The van der Waals surface area contributed by atoms with Crippen LogP contribution in [0.5, 0.6) is 0 Å². The van der Waals surface area contributed by atoms with Crippen molar-refractivity contribution < 1.29 is 45.5 Å². The van der Waals surface area contributed by atoms with Crippen LogP contribution in [0.3, 0.4) is 0 Å². The van der Waals surface area contributed by atoms with Gasteiger partial charge in [-0.3, -0.25) is 4.79 Å². The van der Waals surface area contributed by atoms with Gasteiger partial charge in [-0.25, -0.2) is 14.6 Å². The van der Waals surface area contributed by atoms with E-state index < -0.39 is 65.1 Å². The lowest BCUT2D eigenvalue weighted by Crippen LogP contribution is -2.55. The number of methoxy groups -OCH3 is 1. The number of benzene rings is 1. The highest BCUT2D eigenvalue weighted by Gasteiger charge is 2.37. The minimum atomic E-state index is -5.11. The quantitative estimate of drug-likeness (QED) is 0.352. The van der Waals surface area contributed by atoms with Gasteiger partial charge in [-0.05, 0) is 24.1 Å². The topological polar surface area (TPSA) is 114 Å². The maximum atomic E-state index is 13.1. The molecule has 0 aliphatic heterocycles. The van der Waals surface area contributed by atoms with Crippen molar-refractivity contribution in [2.24, 2.45) is 13.0 Å². The fraction of sp³-hybridized carbons (Fsp3) is 0.455. The molecule has 0 saturated carbocycles. The van der Waals surface area contributed by atoms with Gasteiger partial charge in [0.2, 0.25) is 5.91 Å². The minimum absolute atomic E-state index is 0.00359. The number of anilines is 1. The molecule has 2 rings (SSSR count). The van der Waals surface area contributed by atoms with Gasteiger partial charge < -0.3 is 25.3 Å². The Hall–Kier alpha value is -3.78. The number of amides is 3. The normalized spacial score (nSPS) is 13.6. The van der Waals surface area contributed by atoms with Crippen LogP contribution in [-0.4, -0.2) is 46.7 Å². The molecule has 0 fully saturated rings. The molecule has 0 aliphatic rings. The highest BCUT2D eigenvalue weighted by atomic mass is 19.4. The number of hydrogen-bond acceptors (Lipinski definition) is 5. The Morgan fingerprint density at radius 3 is 2.00 bits per heavy atom. The molecule has 0 saturated heterocycles. The molecule has 0 bridgehead atoms. The van der Waals surface area contributed by atoms with Gasteiger partial charge in [0, 0.05) is 31.0 Å². The largest absolute Gasteiger partial charge is 0.467 e. The number of rotatable bonds is 8. The predicted molar refractivity (Wildman–Crippen MR) is 118 cm³/mol. The third-order valence-electron chi connectivity index (χ3n) is 5.21. The van der Waals surface area contributed by atoms with Gasteiger partial charge in [0.1, 0.15) is 12.1 Å².